The number of amides is 1. The molecule has 8 heteroatoms. The number of aryl methyl sites for hydroxylation is 1. The van der Waals surface area contributed by atoms with Crippen molar-refractivity contribution in [2.24, 2.45) is 0 Å². The third kappa shape index (κ3) is 11.9. The highest BCUT2D eigenvalue weighted by molar-refractivity contribution is 5.83. The van der Waals surface area contributed by atoms with Crippen molar-refractivity contribution >= 4 is 17.1 Å². The second-order valence-electron chi connectivity index (χ2n) is 10.3. The van der Waals surface area contributed by atoms with Crippen LogP contribution in [0.5, 0.6) is 0 Å². The SMILES string of the molecule is CC.CC.CC(C)(C)OC(=O)N1CCCCC1.CCCc1noc2c(COC3CCCCO3)c(CO)ccc12. The zero-order valence-corrected chi connectivity index (χ0v) is 25.8. The molecule has 0 aliphatic carbocycles. The minimum Gasteiger partial charge on any atom is -0.444 e. The smallest absolute Gasteiger partial charge is 0.410 e. The number of aliphatic hydroxyl groups excluding tert-OH is 1. The third-order valence-electron chi connectivity index (χ3n) is 6.13. The van der Waals surface area contributed by atoms with E-state index < -0.39 is 0 Å². The molecule has 4 rings (SSSR count). The van der Waals surface area contributed by atoms with Crippen LogP contribution in [0.4, 0.5) is 4.79 Å². The van der Waals surface area contributed by atoms with Gasteiger partial charge in [0.25, 0.3) is 0 Å². The number of ether oxygens (including phenoxy) is 3. The molecule has 1 atom stereocenters. The van der Waals surface area contributed by atoms with E-state index >= 15 is 0 Å². The van der Waals surface area contributed by atoms with Crippen molar-refractivity contribution in [3.05, 3.63) is 29.0 Å². The maximum atomic E-state index is 11.5. The topological polar surface area (TPSA) is 94.3 Å². The van der Waals surface area contributed by atoms with E-state index in [1.807, 2.05) is 60.6 Å². The Morgan fingerprint density at radius 3 is 2.33 bits per heavy atom. The van der Waals surface area contributed by atoms with Gasteiger partial charge in [0.2, 0.25) is 0 Å². The van der Waals surface area contributed by atoms with Gasteiger partial charge in [-0.15, -0.1) is 0 Å². The molecule has 1 aromatic heterocycles. The van der Waals surface area contributed by atoms with Crippen molar-refractivity contribution < 1.29 is 28.6 Å². The third-order valence-corrected chi connectivity index (χ3v) is 6.13. The lowest BCUT2D eigenvalue weighted by atomic mass is 10.0. The molecule has 0 saturated carbocycles. The molecule has 2 saturated heterocycles. The van der Waals surface area contributed by atoms with Crippen molar-refractivity contribution in [2.75, 3.05) is 19.7 Å². The summed E-state index contributed by atoms with van der Waals surface area (Å²) in [6.07, 6.45) is 8.19. The molecule has 0 spiro atoms. The summed E-state index contributed by atoms with van der Waals surface area (Å²) in [4.78, 5) is 13.3. The van der Waals surface area contributed by atoms with Gasteiger partial charge >= 0.3 is 6.09 Å². The number of hydrogen-bond donors (Lipinski definition) is 1. The molecule has 224 valence electrons. The maximum absolute atomic E-state index is 11.5. The summed E-state index contributed by atoms with van der Waals surface area (Å²) in [5.74, 6) is 0. The van der Waals surface area contributed by atoms with Crippen LogP contribution in [0.25, 0.3) is 11.0 Å². The molecule has 0 radical (unpaired) electrons. The van der Waals surface area contributed by atoms with Gasteiger partial charge in [-0.3, -0.25) is 0 Å². The Kier molecular flexibility index (Phi) is 17.0. The average Bonchev–Trinajstić information content (AvgIpc) is 3.37. The number of benzene rings is 1. The van der Waals surface area contributed by atoms with Gasteiger partial charge in [0.05, 0.1) is 18.9 Å². The highest BCUT2D eigenvalue weighted by Gasteiger charge is 2.23. The molecule has 2 aromatic rings. The molecular weight excluding hydrogens is 496 g/mol. The average molecular weight is 551 g/mol. The lowest BCUT2D eigenvalue weighted by molar-refractivity contribution is -0.169. The molecule has 2 fully saturated rings. The number of rotatable bonds is 6. The second-order valence-corrected chi connectivity index (χ2v) is 10.3. The molecule has 3 heterocycles. The van der Waals surface area contributed by atoms with Gasteiger partial charge in [-0.05, 0) is 77.3 Å². The van der Waals surface area contributed by atoms with E-state index in [-0.39, 0.29) is 24.6 Å². The molecule has 1 amide bonds. The van der Waals surface area contributed by atoms with Crippen LogP contribution in [0.3, 0.4) is 0 Å². The van der Waals surface area contributed by atoms with Gasteiger partial charge < -0.3 is 28.7 Å². The largest absolute Gasteiger partial charge is 0.444 e. The van der Waals surface area contributed by atoms with Crippen LogP contribution < -0.4 is 0 Å². The van der Waals surface area contributed by atoms with E-state index in [1.54, 1.807) is 4.90 Å². The van der Waals surface area contributed by atoms with Crippen molar-refractivity contribution in [1.82, 2.24) is 10.1 Å². The molecule has 1 N–H and O–H groups in total. The Balaban J connectivity index is 0.000000383. The Labute approximate surface area is 236 Å². The summed E-state index contributed by atoms with van der Waals surface area (Å²) in [5, 5.41) is 14.8. The number of carbonyl (C=O) groups is 1. The van der Waals surface area contributed by atoms with Gasteiger partial charge in [-0.25, -0.2) is 4.79 Å². The van der Waals surface area contributed by atoms with Gasteiger partial charge in [-0.2, -0.15) is 0 Å². The normalized spacial score (nSPS) is 17.2. The fourth-order valence-electron chi connectivity index (χ4n) is 4.30. The fourth-order valence-corrected chi connectivity index (χ4v) is 4.30. The summed E-state index contributed by atoms with van der Waals surface area (Å²) < 4.78 is 22.3. The van der Waals surface area contributed by atoms with Crippen LogP contribution in [-0.2, 0) is 33.8 Å². The number of likely N-dealkylation sites (tertiary alicyclic amines) is 1. The van der Waals surface area contributed by atoms with E-state index in [9.17, 15) is 9.90 Å². The first kappa shape index (κ1) is 34.9. The molecular formula is C31H54N2O6. The number of aliphatic hydroxyl groups is 1. The molecule has 2 aliphatic rings. The standard InChI is InChI=1S/C17H23NO4.C10H19NO2.2C2H6/c1-2-5-15-13-8-7-12(10-19)14(17(13)22-18-15)11-21-16-6-3-4-9-20-16;1-10(2,3)13-9(12)11-7-5-4-6-8-11;2*1-2/h7-8,16,19H,2-6,9-11H2,1H3;4-8H2,1-3H3;2*1-2H3. The first-order valence-corrected chi connectivity index (χ1v) is 15.0. The maximum Gasteiger partial charge on any atom is 0.410 e. The Morgan fingerprint density at radius 1 is 1.08 bits per heavy atom. The van der Waals surface area contributed by atoms with Crippen molar-refractivity contribution in [3.63, 3.8) is 0 Å². The number of aromatic nitrogens is 1. The molecule has 1 aromatic carbocycles. The van der Waals surface area contributed by atoms with Gasteiger partial charge in [0.15, 0.2) is 11.9 Å². The highest BCUT2D eigenvalue weighted by atomic mass is 16.7. The predicted octanol–water partition coefficient (Wildman–Crippen LogP) is 7.78. The molecule has 39 heavy (non-hydrogen) atoms. The fraction of sp³-hybridized carbons (Fsp3) is 0.742. The molecule has 0 bridgehead atoms. The van der Waals surface area contributed by atoms with Crippen molar-refractivity contribution in [1.29, 1.82) is 0 Å². The summed E-state index contributed by atoms with van der Waals surface area (Å²) in [7, 11) is 0. The quantitative estimate of drug-likeness (QED) is 0.392. The van der Waals surface area contributed by atoms with Gasteiger partial charge in [0, 0.05) is 30.6 Å². The van der Waals surface area contributed by atoms with Crippen molar-refractivity contribution in [3.8, 4) is 0 Å². The summed E-state index contributed by atoms with van der Waals surface area (Å²) >= 11 is 0. The van der Waals surface area contributed by atoms with E-state index in [0.29, 0.717) is 6.61 Å². The summed E-state index contributed by atoms with van der Waals surface area (Å²) in [6.45, 7) is 18.6. The molecule has 1 unspecified atom stereocenters. The zero-order chi connectivity index (χ0) is 29.3. The number of fused-ring (bicyclic) bond motifs is 1. The number of carbonyl (C=O) groups excluding carboxylic acids is 1. The summed E-state index contributed by atoms with van der Waals surface area (Å²) in [5.41, 5.74) is 3.03. The number of nitrogens with zero attached hydrogens (tertiary/aromatic N) is 2. The first-order chi connectivity index (χ1) is 18.8. The van der Waals surface area contributed by atoms with E-state index in [2.05, 4.69) is 12.1 Å². The predicted molar refractivity (Wildman–Crippen MR) is 157 cm³/mol. The zero-order valence-electron chi connectivity index (χ0n) is 25.8. The minimum atomic E-state index is -0.367. The van der Waals surface area contributed by atoms with Crippen LogP contribution in [0.15, 0.2) is 16.7 Å². The monoisotopic (exact) mass is 550 g/mol. The van der Waals surface area contributed by atoms with Gasteiger partial charge in [0.1, 0.15) is 5.60 Å². The highest BCUT2D eigenvalue weighted by Crippen LogP contribution is 2.28. The van der Waals surface area contributed by atoms with E-state index in [0.717, 1.165) is 92.4 Å². The van der Waals surface area contributed by atoms with E-state index in [1.165, 1.54) is 6.42 Å². The van der Waals surface area contributed by atoms with Crippen LogP contribution in [0.1, 0.15) is 117 Å². The van der Waals surface area contributed by atoms with Crippen molar-refractivity contribution in [2.45, 2.75) is 132 Å². The van der Waals surface area contributed by atoms with Gasteiger partial charge in [-0.1, -0.05) is 52.3 Å². The molecule has 2 aliphatic heterocycles. The second kappa shape index (κ2) is 19.0. The van der Waals surface area contributed by atoms with E-state index in [4.69, 9.17) is 18.7 Å². The number of hydrogen-bond acceptors (Lipinski definition) is 7. The summed E-state index contributed by atoms with van der Waals surface area (Å²) in [6, 6.07) is 3.90. The van der Waals surface area contributed by atoms with Crippen LogP contribution in [-0.4, -0.2) is 52.8 Å². The van der Waals surface area contributed by atoms with Crippen LogP contribution >= 0.6 is 0 Å². The lowest BCUT2D eigenvalue weighted by Crippen LogP contribution is -2.39. The number of piperidine rings is 1. The Morgan fingerprint density at radius 2 is 1.77 bits per heavy atom. The van der Waals surface area contributed by atoms with Crippen LogP contribution in [0, 0.1) is 0 Å². The van der Waals surface area contributed by atoms with Crippen LogP contribution in [0.2, 0.25) is 0 Å². The minimum absolute atomic E-state index is 0.0377. The molecule has 8 nitrogen and oxygen atoms in total. The lowest BCUT2D eigenvalue weighted by Gasteiger charge is -2.29. The first-order valence-electron chi connectivity index (χ1n) is 15.0. The Hall–Kier alpha value is -2.16. The Bertz CT molecular complexity index is 925.